The summed E-state index contributed by atoms with van der Waals surface area (Å²) in [5.74, 6) is 0.578. The minimum Gasteiger partial charge on any atom is -0.384 e. The molecule has 6 heteroatoms. The van der Waals surface area contributed by atoms with Gasteiger partial charge in [-0.2, -0.15) is 5.11 Å². The van der Waals surface area contributed by atoms with E-state index in [0.717, 1.165) is 17.5 Å². The summed E-state index contributed by atoms with van der Waals surface area (Å²) in [6, 6.07) is 16.6. The van der Waals surface area contributed by atoms with E-state index in [2.05, 4.69) is 27.4 Å². The van der Waals surface area contributed by atoms with Crippen LogP contribution < -0.4 is 11.5 Å². The highest BCUT2D eigenvalue weighted by molar-refractivity contribution is 5.98. The largest absolute Gasteiger partial charge is 0.384 e. The van der Waals surface area contributed by atoms with E-state index in [-0.39, 0.29) is 18.0 Å². The van der Waals surface area contributed by atoms with Crippen LogP contribution in [0.15, 0.2) is 70.9 Å². The third-order valence-corrected chi connectivity index (χ3v) is 4.64. The number of hydrogen-bond donors (Lipinski definition) is 2. The van der Waals surface area contributed by atoms with Crippen molar-refractivity contribution in [3.63, 3.8) is 0 Å². The van der Waals surface area contributed by atoms with Gasteiger partial charge in [0.1, 0.15) is 11.5 Å². The Balaban J connectivity index is 1.57. The Hall–Kier alpha value is -3.80. The second kappa shape index (κ2) is 7.44. The molecule has 1 aromatic heterocycles. The van der Waals surface area contributed by atoms with Crippen molar-refractivity contribution >= 4 is 34.9 Å². The number of azo groups is 1. The van der Waals surface area contributed by atoms with E-state index < -0.39 is 0 Å². The highest BCUT2D eigenvalue weighted by Crippen LogP contribution is 2.27. The predicted octanol–water partition coefficient (Wildman–Crippen LogP) is 4.66. The molecule has 1 aliphatic rings. The van der Waals surface area contributed by atoms with Gasteiger partial charge in [-0.1, -0.05) is 42.5 Å². The molecule has 0 radical (unpaired) electrons. The van der Waals surface area contributed by atoms with E-state index in [1.807, 2.05) is 42.5 Å². The maximum Gasteiger partial charge on any atom is 0.167 e. The number of pyridine rings is 1. The Kier molecular flexibility index (Phi) is 4.68. The van der Waals surface area contributed by atoms with Crippen LogP contribution in [0.1, 0.15) is 27.0 Å². The Bertz CT molecular complexity index is 1120. The molecule has 0 unspecified atom stereocenters. The van der Waals surface area contributed by atoms with Crippen LogP contribution in [0.25, 0.3) is 6.08 Å². The van der Waals surface area contributed by atoms with E-state index in [4.69, 9.17) is 11.5 Å². The second-order valence-corrected chi connectivity index (χ2v) is 6.59. The maximum atomic E-state index is 12.8. The second-order valence-electron chi connectivity index (χ2n) is 6.59. The van der Waals surface area contributed by atoms with Gasteiger partial charge in [-0.25, -0.2) is 4.98 Å². The van der Waals surface area contributed by atoms with Crippen molar-refractivity contribution in [3.05, 3.63) is 82.9 Å². The third-order valence-electron chi connectivity index (χ3n) is 4.64. The highest BCUT2D eigenvalue weighted by Gasteiger charge is 2.13. The van der Waals surface area contributed by atoms with Gasteiger partial charge in [0.15, 0.2) is 11.6 Å². The monoisotopic (exact) mass is 369 g/mol. The molecule has 1 aliphatic carbocycles. The first-order valence-corrected chi connectivity index (χ1v) is 8.94. The number of aromatic nitrogens is 1. The molecule has 1 heterocycles. The van der Waals surface area contributed by atoms with Crippen molar-refractivity contribution in [2.24, 2.45) is 10.2 Å². The number of nitrogen functional groups attached to an aromatic ring is 2. The van der Waals surface area contributed by atoms with E-state index >= 15 is 0 Å². The molecular formula is C22H19N5O. The lowest BCUT2D eigenvalue weighted by Gasteiger charge is -2.07. The fourth-order valence-electron chi connectivity index (χ4n) is 3.13. The first kappa shape index (κ1) is 17.6. The Morgan fingerprint density at radius 2 is 1.82 bits per heavy atom. The molecule has 28 heavy (non-hydrogen) atoms. The summed E-state index contributed by atoms with van der Waals surface area (Å²) in [7, 11) is 0. The number of nitrogens with two attached hydrogens (primary N) is 2. The Labute approximate surface area is 162 Å². The number of carbonyl (C=O) groups is 1. The number of hydrogen-bond acceptors (Lipinski definition) is 6. The number of benzene rings is 2. The predicted molar refractivity (Wildman–Crippen MR) is 111 cm³/mol. The van der Waals surface area contributed by atoms with E-state index in [1.165, 1.54) is 5.56 Å². The van der Waals surface area contributed by atoms with Crippen molar-refractivity contribution in [1.29, 1.82) is 0 Å². The van der Waals surface area contributed by atoms with Crippen molar-refractivity contribution in [2.75, 3.05) is 11.5 Å². The summed E-state index contributed by atoms with van der Waals surface area (Å²) in [6.45, 7) is 0. The van der Waals surface area contributed by atoms with Crippen LogP contribution in [0.5, 0.6) is 0 Å². The number of allylic oxidation sites excluding steroid dienone is 1. The van der Waals surface area contributed by atoms with Crippen LogP contribution in [0.3, 0.4) is 0 Å². The molecule has 4 N–H and O–H groups in total. The van der Waals surface area contributed by atoms with E-state index in [1.54, 1.807) is 12.1 Å². The van der Waals surface area contributed by atoms with Crippen molar-refractivity contribution < 1.29 is 4.79 Å². The van der Waals surface area contributed by atoms with Crippen LogP contribution >= 0.6 is 0 Å². The van der Waals surface area contributed by atoms with Gasteiger partial charge in [0.25, 0.3) is 0 Å². The average Bonchev–Trinajstić information content (AvgIpc) is 3.16. The van der Waals surface area contributed by atoms with Crippen LogP contribution in [0.4, 0.5) is 23.0 Å². The normalized spacial score (nSPS) is 12.4. The molecule has 0 atom stereocenters. The molecule has 2 aromatic carbocycles. The number of ketones is 1. The van der Waals surface area contributed by atoms with Crippen molar-refractivity contribution in [1.82, 2.24) is 4.98 Å². The molecule has 3 aromatic rings. The molecule has 138 valence electrons. The molecule has 0 bridgehead atoms. The molecule has 0 saturated carbocycles. The summed E-state index contributed by atoms with van der Waals surface area (Å²) >= 11 is 0. The van der Waals surface area contributed by atoms with Crippen LogP contribution in [0.2, 0.25) is 0 Å². The molecule has 0 spiro atoms. The number of anilines is 2. The number of fused-ring (bicyclic) bond motifs is 1. The zero-order chi connectivity index (χ0) is 19.5. The summed E-state index contributed by atoms with van der Waals surface area (Å²) in [4.78, 5) is 16.8. The quantitative estimate of drug-likeness (QED) is 0.504. The molecular weight excluding hydrogens is 350 g/mol. The minimum absolute atomic E-state index is 0.0411. The molecule has 0 fully saturated rings. The zero-order valence-corrected chi connectivity index (χ0v) is 15.2. The van der Waals surface area contributed by atoms with Gasteiger partial charge in [0, 0.05) is 12.0 Å². The van der Waals surface area contributed by atoms with Gasteiger partial charge < -0.3 is 11.5 Å². The first-order valence-electron chi connectivity index (χ1n) is 8.94. The Morgan fingerprint density at radius 1 is 1.00 bits per heavy atom. The van der Waals surface area contributed by atoms with Gasteiger partial charge in [0.2, 0.25) is 0 Å². The smallest absolute Gasteiger partial charge is 0.167 e. The fourth-order valence-corrected chi connectivity index (χ4v) is 3.13. The summed E-state index contributed by atoms with van der Waals surface area (Å²) in [5.41, 5.74) is 16.3. The average molecular weight is 369 g/mol. The van der Waals surface area contributed by atoms with Crippen LogP contribution in [-0.4, -0.2) is 10.8 Å². The van der Waals surface area contributed by atoms with Crippen molar-refractivity contribution in [2.45, 2.75) is 12.8 Å². The summed E-state index contributed by atoms with van der Waals surface area (Å²) in [5, 5.41) is 8.44. The van der Waals surface area contributed by atoms with Gasteiger partial charge in [-0.15, -0.1) is 5.11 Å². The molecule has 0 aliphatic heterocycles. The van der Waals surface area contributed by atoms with Crippen molar-refractivity contribution in [3.8, 4) is 0 Å². The standard InChI is InChI=1S/C22H19N5O/c23-21-11-10-19(22(24)25-21)27-26-18-7-2-1-4-16(18)13-20(28)17-9-8-14-5-3-6-15(14)12-17/h1-4,6-12H,5,13H2,(H4,23,24,25). The maximum absolute atomic E-state index is 12.8. The summed E-state index contributed by atoms with van der Waals surface area (Å²) in [6.07, 6.45) is 5.33. The van der Waals surface area contributed by atoms with Crippen LogP contribution in [0, 0.1) is 0 Å². The fraction of sp³-hybridized carbons (Fsp3) is 0.0909. The molecule has 0 saturated heterocycles. The van der Waals surface area contributed by atoms with Crippen LogP contribution in [-0.2, 0) is 12.8 Å². The topological polar surface area (TPSA) is 107 Å². The Morgan fingerprint density at radius 3 is 2.68 bits per heavy atom. The molecule has 6 nitrogen and oxygen atoms in total. The summed E-state index contributed by atoms with van der Waals surface area (Å²) < 4.78 is 0. The first-order chi connectivity index (χ1) is 13.6. The van der Waals surface area contributed by atoms with Gasteiger partial charge >= 0.3 is 0 Å². The lowest BCUT2D eigenvalue weighted by Crippen LogP contribution is -2.04. The molecule has 0 amide bonds. The zero-order valence-electron chi connectivity index (χ0n) is 15.2. The SMILES string of the molecule is Nc1ccc(N=Nc2ccccc2CC(=O)c2ccc3c(c2)C=CC3)c(N)n1. The number of Topliss-reactive ketones (excluding diaryl/α,β-unsaturated/α-hetero) is 1. The van der Waals surface area contributed by atoms with Gasteiger partial charge in [-0.3, -0.25) is 4.79 Å². The minimum atomic E-state index is 0.0411. The highest BCUT2D eigenvalue weighted by atomic mass is 16.1. The lowest BCUT2D eigenvalue weighted by atomic mass is 9.98. The number of carbonyl (C=O) groups excluding carboxylic acids is 1. The van der Waals surface area contributed by atoms with Gasteiger partial charge in [-0.05, 0) is 47.4 Å². The number of rotatable bonds is 5. The van der Waals surface area contributed by atoms with E-state index in [0.29, 0.717) is 22.8 Å². The van der Waals surface area contributed by atoms with Gasteiger partial charge in [0.05, 0.1) is 5.69 Å². The number of nitrogens with zero attached hydrogens (tertiary/aromatic N) is 3. The third kappa shape index (κ3) is 3.66. The van der Waals surface area contributed by atoms with E-state index in [9.17, 15) is 4.79 Å². The lowest BCUT2D eigenvalue weighted by molar-refractivity contribution is 0.0993. The molecule has 4 rings (SSSR count).